The van der Waals surface area contributed by atoms with Crippen molar-refractivity contribution in [2.45, 2.75) is 37.8 Å². The van der Waals surface area contributed by atoms with Crippen molar-refractivity contribution in [2.75, 3.05) is 6.54 Å². The molecule has 212 valence electrons. The molecule has 0 aliphatic heterocycles. The van der Waals surface area contributed by atoms with E-state index in [0.717, 1.165) is 24.3 Å². The van der Waals surface area contributed by atoms with Gasteiger partial charge in [0.2, 0.25) is 5.91 Å². The average molecular weight is 581 g/mol. The number of ether oxygens (including phenoxy) is 2. The zero-order valence-electron chi connectivity index (χ0n) is 20.0. The molecule has 0 saturated carbocycles. The number of rotatable bonds is 12. The van der Waals surface area contributed by atoms with E-state index in [9.17, 15) is 35.5 Å². The lowest BCUT2D eigenvalue weighted by molar-refractivity contribution is -0.137. The molecule has 3 aromatic carbocycles. The minimum atomic E-state index is -4.58. The number of hydrogen-bond acceptors (Lipinski definition) is 4. The van der Waals surface area contributed by atoms with Gasteiger partial charge in [-0.2, -0.15) is 30.7 Å². The maximum absolute atomic E-state index is 13.1. The van der Waals surface area contributed by atoms with Gasteiger partial charge in [0.15, 0.2) is 11.5 Å². The van der Waals surface area contributed by atoms with Crippen LogP contribution in [0.15, 0.2) is 72.8 Å². The first kappa shape index (κ1) is 31.7. The summed E-state index contributed by atoms with van der Waals surface area (Å²) in [5.74, 6) is -2.67. The van der Waals surface area contributed by atoms with Crippen molar-refractivity contribution in [3.05, 3.63) is 95.1 Å². The number of carbonyl (C=O) groups is 1. The molecule has 13 heteroatoms. The van der Waals surface area contributed by atoms with Gasteiger partial charge in [-0.05, 0) is 53.9 Å². The standard InChI is InChI=1S/C26H23F7N2O3.ClH/c27-24(28)37-20-11-8-17(14-21(20)38-25(29)30)19(15-6-9-18(10-7-15)26(31,32)33)12-13-35-22(23(34)36)16-4-2-1-3-5-16;/h1-11,14,19,22,24-25,35H,12-13H2,(H2,34,36);1H/t19-,22+;/m0./s1. The summed E-state index contributed by atoms with van der Waals surface area (Å²) in [4.78, 5) is 12.0. The zero-order valence-corrected chi connectivity index (χ0v) is 20.8. The van der Waals surface area contributed by atoms with Gasteiger partial charge >= 0.3 is 19.4 Å². The zero-order chi connectivity index (χ0) is 27.9. The van der Waals surface area contributed by atoms with Gasteiger partial charge in [-0.1, -0.05) is 48.5 Å². The van der Waals surface area contributed by atoms with E-state index in [1.54, 1.807) is 30.3 Å². The van der Waals surface area contributed by atoms with Gasteiger partial charge in [-0.25, -0.2) is 0 Å². The van der Waals surface area contributed by atoms with E-state index in [-0.39, 0.29) is 30.9 Å². The molecule has 1 amide bonds. The number of nitrogens with one attached hydrogen (secondary N) is 1. The van der Waals surface area contributed by atoms with Gasteiger partial charge in [0.1, 0.15) is 6.04 Å². The topological polar surface area (TPSA) is 73.6 Å². The Labute approximate surface area is 225 Å². The molecule has 0 saturated heterocycles. The molecule has 0 spiro atoms. The van der Waals surface area contributed by atoms with Crippen LogP contribution in [0.2, 0.25) is 0 Å². The van der Waals surface area contributed by atoms with E-state index >= 15 is 0 Å². The van der Waals surface area contributed by atoms with Crippen molar-refractivity contribution in [1.29, 1.82) is 0 Å². The van der Waals surface area contributed by atoms with Gasteiger partial charge in [-0.3, -0.25) is 4.79 Å². The molecule has 2 atom stereocenters. The minimum Gasteiger partial charge on any atom is -0.431 e. The Kier molecular flexibility index (Phi) is 11.4. The third-order valence-corrected chi connectivity index (χ3v) is 5.64. The molecule has 0 aromatic heterocycles. The first-order valence-corrected chi connectivity index (χ1v) is 11.2. The molecule has 3 N–H and O–H groups in total. The van der Waals surface area contributed by atoms with Gasteiger partial charge in [0.05, 0.1) is 5.56 Å². The Morgan fingerprint density at radius 1 is 0.795 bits per heavy atom. The van der Waals surface area contributed by atoms with Crippen LogP contribution in [0, 0.1) is 0 Å². The Bertz CT molecular complexity index is 1200. The Morgan fingerprint density at radius 2 is 1.36 bits per heavy atom. The number of alkyl halides is 7. The molecule has 3 aromatic rings. The van der Waals surface area contributed by atoms with Crippen LogP contribution in [0.4, 0.5) is 30.7 Å². The smallest absolute Gasteiger partial charge is 0.416 e. The summed E-state index contributed by atoms with van der Waals surface area (Å²) in [6.45, 7) is -6.53. The number of primary amides is 1. The molecular weight excluding hydrogens is 557 g/mol. The van der Waals surface area contributed by atoms with Crippen LogP contribution in [0.3, 0.4) is 0 Å². The number of benzene rings is 3. The number of amides is 1. The second kappa shape index (κ2) is 14.0. The third kappa shape index (κ3) is 9.03. The molecule has 0 fully saturated rings. The number of nitrogens with two attached hydrogens (primary N) is 1. The van der Waals surface area contributed by atoms with E-state index in [2.05, 4.69) is 14.8 Å². The summed E-state index contributed by atoms with van der Waals surface area (Å²) in [6.07, 6.45) is -4.42. The summed E-state index contributed by atoms with van der Waals surface area (Å²) in [6, 6.07) is 15.3. The molecule has 0 unspecified atom stereocenters. The summed E-state index contributed by atoms with van der Waals surface area (Å²) in [5, 5.41) is 3.00. The number of carbonyl (C=O) groups excluding carboxylic acids is 1. The molecule has 0 radical (unpaired) electrons. The average Bonchev–Trinajstić information content (AvgIpc) is 2.84. The van der Waals surface area contributed by atoms with Crippen molar-refractivity contribution in [2.24, 2.45) is 5.73 Å². The normalized spacial score (nSPS) is 13.1. The summed E-state index contributed by atoms with van der Waals surface area (Å²) in [7, 11) is 0. The highest BCUT2D eigenvalue weighted by atomic mass is 35.5. The van der Waals surface area contributed by atoms with Crippen LogP contribution in [-0.4, -0.2) is 25.7 Å². The van der Waals surface area contributed by atoms with Crippen molar-refractivity contribution in [3.8, 4) is 11.5 Å². The molecule has 0 bridgehead atoms. The summed E-state index contributed by atoms with van der Waals surface area (Å²) >= 11 is 0. The Balaban J connectivity index is 0.00000533. The second-order valence-electron chi connectivity index (χ2n) is 8.12. The Morgan fingerprint density at radius 3 is 1.90 bits per heavy atom. The number of hydrogen-bond donors (Lipinski definition) is 2. The van der Waals surface area contributed by atoms with Crippen LogP contribution < -0.4 is 20.5 Å². The van der Waals surface area contributed by atoms with Gasteiger partial charge in [-0.15, -0.1) is 12.4 Å². The SMILES string of the molecule is Cl.NC(=O)[C@H](NCC[C@@H](c1ccc(C(F)(F)F)cc1)c1ccc(OC(F)F)c(OC(F)F)c1)c1ccccc1. The maximum Gasteiger partial charge on any atom is 0.416 e. The molecule has 0 heterocycles. The van der Waals surface area contributed by atoms with Gasteiger partial charge < -0.3 is 20.5 Å². The van der Waals surface area contributed by atoms with Gasteiger partial charge in [0, 0.05) is 5.92 Å². The van der Waals surface area contributed by atoms with Crippen molar-refractivity contribution >= 4 is 18.3 Å². The van der Waals surface area contributed by atoms with Crippen molar-refractivity contribution in [1.82, 2.24) is 5.32 Å². The van der Waals surface area contributed by atoms with Gasteiger partial charge in [0.25, 0.3) is 0 Å². The predicted molar refractivity (Wildman–Crippen MR) is 131 cm³/mol. The fraction of sp³-hybridized carbons (Fsp3) is 0.269. The lowest BCUT2D eigenvalue weighted by atomic mass is 9.87. The third-order valence-electron chi connectivity index (χ3n) is 5.64. The lowest BCUT2D eigenvalue weighted by Gasteiger charge is -2.23. The fourth-order valence-electron chi connectivity index (χ4n) is 3.95. The lowest BCUT2D eigenvalue weighted by Crippen LogP contribution is -2.34. The number of halogens is 8. The van der Waals surface area contributed by atoms with Crippen molar-refractivity contribution in [3.63, 3.8) is 0 Å². The molecular formula is C26H24ClF7N2O3. The summed E-state index contributed by atoms with van der Waals surface area (Å²) in [5.41, 5.74) is 5.87. The molecule has 0 aliphatic carbocycles. The van der Waals surface area contributed by atoms with Crippen LogP contribution >= 0.6 is 12.4 Å². The van der Waals surface area contributed by atoms with E-state index in [0.29, 0.717) is 11.1 Å². The first-order valence-electron chi connectivity index (χ1n) is 11.2. The van der Waals surface area contributed by atoms with Crippen LogP contribution in [0.25, 0.3) is 0 Å². The maximum atomic E-state index is 13.1. The van der Waals surface area contributed by atoms with Crippen LogP contribution in [-0.2, 0) is 11.0 Å². The summed E-state index contributed by atoms with van der Waals surface area (Å²) < 4.78 is 99.2. The van der Waals surface area contributed by atoms with E-state index in [4.69, 9.17) is 5.73 Å². The van der Waals surface area contributed by atoms with E-state index < -0.39 is 54.3 Å². The minimum absolute atomic E-state index is 0. The molecule has 3 rings (SSSR count). The Hall–Kier alpha value is -3.51. The predicted octanol–water partition coefficient (Wildman–Crippen LogP) is 6.67. The fourth-order valence-corrected chi connectivity index (χ4v) is 3.95. The highest BCUT2D eigenvalue weighted by Gasteiger charge is 2.30. The molecule has 39 heavy (non-hydrogen) atoms. The molecule has 5 nitrogen and oxygen atoms in total. The van der Waals surface area contributed by atoms with Crippen molar-refractivity contribution < 1.29 is 45.0 Å². The van der Waals surface area contributed by atoms with E-state index in [1.165, 1.54) is 18.2 Å². The highest BCUT2D eigenvalue weighted by Crippen LogP contribution is 2.38. The largest absolute Gasteiger partial charge is 0.431 e. The van der Waals surface area contributed by atoms with E-state index in [1.807, 2.05) is 0 Å². The van der Waals surface area contributed by atoms with Crippen LogP contribution in [0.1, 0.15) is 40.6 Å². The van der Waals surface area contributed by atoms with Crippen LogP contribution in [0.5, 0.6) is 11.5 Å². The second-order valence-corrected chi connectivity index (χ2v) is 8.12. The molecule has 0 aliphatic rings. The first-order chi connectivity index (χ1) is 18.0. The quantitative estimate of drug-likeness (QED) is 0.235. The monoisotopic (exact) mass is 580 g/mol. The highest BCUT2D eigenvalue weighted by molar-refractivity contribution is 5.85.